The summed E-state index contributed by atoms with van der Waals surface area (Å²) in [6.45, 7) is -1.34. The molecule has 0 aliphatic heterocycles. The molecule has 0 radical (unpaired) electrons. The van der Waals surface area contributed by atoms with Gasteiger partial charge in [-0.2, -0.15) is 13.2 Å². The summed E-state index contributed by atoms with van der Waals surface area (Å²) in [7, 11) is 0. The summed E-state index contributed by atoms with van der Waals surface area (Å²) >= 11 is 0. The van der Waals surface area contributed by atoms with Crippen LogP contribution in [0.2, 0.25) is 0 Å². The average Bonchev–Trinajstić information content (AvgIpc) is 2.94. The number of hydrogen-bond donors (Lipinski definition) is 0. The molecular formula is C11H12F3NO2. The van der Waals surface area contributed by atoms with E-state index in [0.717, 1.165) is 4.90 Å². The highest BCUT2D eigenvalue weighted by Crippen LogP contribution is 2.32. The number of carbonyl (C=O) groups is 1. The molecule has 1 aliphatic carbocycles. The van der Waals surface area contributed by atoms with E-state index in [1.807, 2.05) is 0 Å². The first-order valence-electron chi connectivity index (χ1n) is 5.33. The molecule has 6 heteroatoms. The molecule has 1 aromatic heterocycles. The summed E-state index contributed by atoms with van der Waals surface area (Å²) in [5.41, 5.74) is 0. The van der Waals surface area contributed by atoms with Crippen LogP contribution < -0.4 is 0 Å². The minimum Gasteiger partial charge on any atom is -0.467 e. The Labute approximate surface area is 96.2 Å². The van der Waals surface area contributed by atoms with Crippen LogP contribution >= 0.6 is 0 Å². The zero-order valence-corrected chi connectivity index (χ0v) is 9.04. The summed E-state index contributed by atoms with van der Waals surface area (Å²) in [5, 5.41) is 0. The fourth-order valence-corrected chi connectivity index (χ4v) is 1.61. The first-order valence-corrected chi connectivity index (χ1v) is 5.33. The highest BCUT2D eigenvalue weighted by atomic mass is 19.4. The van der Waals surface area contributed by atoms with E-state index in [0.29, 0.717) is 18.6 Å². The summed E-state index contributed by atoms with van der Waals surface area (Å²) in [6.07, 6.45) is -1.63. The van der Waals surface area contributed by atoms with Gasteiger partial charge in [0.05, 0.1) is 12.8 Å². The van der Waals surface area contributed by atoms with Crippen molar-refractivity contribution in [2.45, 2.75) is 25.6 Å². The predicted octanol–water partition coefficient (Wildman–Crippen LogP) is 2.58. The first-order chi connectivity index (χ1) is 7.96. The van der Waals surface area contributed by atoms with Gasteiger partial charge in [0.25, 0.3) is 0 Å². The van der Waals surface area contributed by atoms with Crippen molar-refractivity contribution in [3.05, 3.63) is 24.2 Å². The molecule has 1 aliphatic rings. The standard InChI is InChI=1S/C11H12F3NO2/c12-11(13,14)7-15(10(16)8-3-4-8)6-9-2-1-5-17-9/h1-2,5,8H,3-4,6-7H2. The Balaban J connectivity index is 2.03. The molecule has 1 saturated carbocycles. The molecule has 0 unspecified atom stereocenters. The van der Waals surface area contributed by atoms with Crippen LogP contribution in [-0.2, 0) is 11.3 Å². The number of alkyl halides is 3. The molecule has 94 valence electrons. The third-order valence-electron chi connectivity index (χ3n) is 2.54. The molecule has 3 nitrogen and oxygen atoms in total. The molecule has 1 amide bonds. The minimum absolute atomic E-state index is 0.123. The maximum atomic E-state index is 12.4. The second-order valence-corrected chi connectivity index (χ2v) is 4.16. The highest BCUT2D eigenvalue weighted by molar-refractivity contribution is 5.81. The van der Waals surface area contributed by atoms with Crippen LogP contribution in [0.1, 0.15) is 18.6 Å². The van der Waals surface area contributed by atoms with Crippen LogP contribution in [-0.4, -0.2) is 23.5 Å². The Hall–Kier alpha value is -1.46. The molecule has 0 N–H and O–H groups in total. The van der Waals surface area contributed by atoms with Gasteiger partial charge in [0.15, 0.2) is 0 Å². The normalized spacial score (nSPS) is 15.9. The van der Waals surface area contributed by atoms with E-state index in [9.17, 15) is 18.0 Å². The average molecular weight is 247 g/mol. The van der Waals surface area contributed by atoms with Crippen molar-refractivity contribution < 1.29 is 22.4 Å². The monoisotopic (exact) mass is 247 g/mol. The topological polar surface area (TPSA) is 33.5 Å². The molecular weight excluding hydrogens is 235 g/mol. The number of halogens is 3. The predicted molar refractivity (Wildman–Crippen MR) is 52.9 cm³/mol. The largest absolute Gasteiger partial charge is 0.467 e. The number of amides is 1. The lowest BCUT2D eigenvalue weighted by atomic mass is 10.3. The van der Waals surface area contributed by atoms with E-state index in [4.69, 9.17) is 4.42 Å². The van der Waals surface area contributed by atoms with Crippen LogP contribution in [0.25, 0.3) is 0 Å². The molecule has 0 aromatic carbocycles. The van der Waals surface area contributed by atoms with Crippen molar-refractivity contribution in [1.29, 1.82) is 0 Å². The maximum absolute atomic E-state index is 12.4. The molecule has 17 heavy (non-hydrogen) atoms. The van der Waals surface area contributed by atoms with Crippen LogP contribution in [0.15, 0.2) is 22.8 Å². The number of nitrogens with zero attached hydrogens (tertiary/aromatic N) is 1. The van der Waals surface area contributed by atoms with Crippen molar-refractivity contribution in [1.82, 2.24) is 4.90 Å². The molecule has 1 aromatic rings. The van der Waals surface area contributed by atoms with Crippen LogP contribution in [0.3, 0.4) is 0 Å². The minimum atomic E-state index is -4.38. The van der Waals surface area contributed by atoms with Gasteiger partial charge < -0.3 is 9.32 Å². The van der Waals surface area contributed by atoms with E-state index in [2.05, 4.69) is 0 Å². The van der Waals surface area contributed by atoms with Gasteiger partial charge in [-0.05, 0) is 25.0 Å². The zero-order valence-electron chi connectivity index (χ0n) is 9.04. The van der Waals surface area contributed by atoms with E-state index in [1.54, 1.807) is 12.1 Å². The Morgan fingerprint density at radius 3 is 2.65 bits per heavy atom. The number of rotatable bonds is 4. The fourth-order valence-electron chi connectivity index (χ4n) is 1.61. The maximum Gasteiger partial charge on any atom is 0.406 e. The van der Waals surface area contributed by atoms with Gasteiger partial charge in [-0.1, -0.05) is 0 Å². The van der Waals surface area contributed by atoms with Gasteiger partial charge in [0, 0.05) is 5.92 Å². The summed E-state index contributed by atoms with van der Waals surface area (Å²) in [5.74, 6) is -0.297. The third kappa shape index (κ3) is 3.51. The molecule has 0 saturated heterocycles. The van der Waals surface area contributed by atoms with E-state index in [1.165, 1.54) is 6.26 Å². The molecule has 1 fully saturated rings. The Kier molecular flexibility index (Phi) is 3.13. The molecule has 0 atom stereocenters. The second-order valence-electron chi connectivity index (χ2n) is 4.16. The van der Waals surface area contributed by atoms with E-state index in [-0.39, 0.29) is 12.5 Å². The fraction of sp³-hybridized carbons (Fsp3) is 0.545. The lowest BCUT2D eigenvalue weighted by molar-refractivity contribution is -0.163. The number of hydrogen-bond acceptors (Lipinski definition) is 2. The lowest BCUT2D eigenvalue weighted by Crippen LogP contribution is -2.39. The smallest absolute Gasteiger partial charge is 0.406 e. The Morgan fingerprint density at radius 2 is 2.18 bits per heavy atom. The Morgan fingerprint density at radius 1 is 1.47 bits per heavy atom. The van der Waals surface area contributed by atoms with Gasteiger partial charge in [-0.3, -0.25) is 4.79 Å². The van der Waals surface area contributed by atoms with Crippen molar-refractivity contribution in [2.75, 3.05) is 6.54 Å². The summed E-state index contributed by atoms with van der Waals surface area (Å²) in [4.78, 5) is 12.5. The Bertz CT molecular complexity index is 382. The van der Waals surface area contributed by atoms with Crippen LogP contribution in [0.5, 0.6) is 0 Å². The summed E-state index contributed by atoms with van der Waals surface area (Å²) in [6, 6.07) is 3.15. The molecule has 0 spiro atoms. The molecule has 1 heterocycles. The quantitative estimate of drug-likeness (QED) is 0.819. The van der Waals surface area contributed by atoms with Gasteiger partial charge in [-0.15, -0.1) is 0 Å². The van der Waals surface area contributed by atoms with Gasteiger partial charge in [-0.25, -0.2) is 0 Å². The molecule has 0 bridgehead atoms. The van der Waals surface area contributed by atoms with Crippen molar-refractivity contribution in [2.24, 2.45) is 5.92 Å². The number of furan rings is 1. The summed E-state index contributed by atoms with van der Waals surface area (Å²) < 4.78 is 42.0. The molecule has 2 rings (SSSR count). The zero-order chi connectivity index (χ0) is 12.5. The van der Waals surface area contributed by atoms with Crippen molar-refractivity contribution in [3.8, 4) is 0 Å². The van der Waals surface area contributed by atoms with Crippen molar-refractivity contribution in [3.63, 3.8) is 0 Å². The first kappa shape index (κ1) is 12.0. The van der Waals surface area contributed by atoms with Gasteiger partial charge >= 0.3 is 6.18 Å². The SMILES string of the molecule is O=C(C1CC1)N(Cc1ccco1)CC(F)(F)F. The third-order valence-corrected chi connectivity index (χ3v) is 2.54. The second kappa shape index (κ2) is 4.43. The van der Waals surface area contributed by atoms with Crippen LogP contribution in [0.4, 0.5) is 13.2 Å². The van der Waals surface area contributed by atoms with E-state index >= 15 is 0 Å². The van der Waals surface area contributed by atoms with Crippen LogP contribution in [0, 0.1) is 5.92 Å². The lowest BCUT2D eigenvalue weighted by Gasteiger charge is -2.22. The highest BCUT2D eigenvalue weighted by Gasteiger charge is 2.39. The van der Waals surface area contributed by atoms with Crippen molar-refractivity contribution >= 4 is 5.91 Å². The van der Waals surface area contributed by atoms with Gasteiger partial charge in [0.2, 0.25) is 5.91 Å². The number of carbonyl (C=O) groups excluding carboxylic acids is 1. The van der Waals surface area contributed by atoms with Gasteiger partial charge in [0.1, 0.15) is 12.3 Å². The van der Waals surface area contributed by atoms with E-state index < -0.39 is 18.6 Å².